The van der Waals surface area contributed by atoms with Crippen LogP contribution in [-0.2, 0) is 4.79 Å². The standard InChI is InChI=1S/C17H35N5O.HI/c1-7-19-16(20-12-17(4,5)15(23)18-6)21-14-8-10-22(11-9-14)13(2)3;/h13-14H,7-12H2,1-6H3,(H,18,23)(H2,19,20,21);1H. The Morgan fingerprint density at radius 1 is 1.29 bits per heavy atom. The van der Waals surface area contributed by atoms with Gasteiger partial charge in [-0.15, -0.1) is 24.0 Å². The number of likely N-dealkylation sites (tertiary alicyclic amines) is 1. The minimum atomic E-state index is -0.502. The lowest BCUT2D eigenvalue weighted by Crippen LogP contribution is -2.50. The van der Waals surface area contributed by atoms with Crippen molar-refractivity contribution in [1.82, 2.24) is 20.9 Å². The molecule has 1 aliphatic heterocycles. The highest BCUT2D eigenvalue weighted by atomic mass is 127. The number of amides is 1. The smallest absolute Gasteiger partial charge is 0.227 e. The van der Waals surface area contributed by atoms with Crippen molar-refractivity contribution >= 4 is 35.8 Å². The second-order valence-electron chi connectivity index (χ2n) is 7.21. The van der Waals surface area contributed by atoms with E-state index in [-0.39, 0.29) is 29.9 Å². The van der Waals surface area contributed by atoms with Crippen molar-refractivity contribution in [1.29, 1.82) is 0 Å². The normalized spacial score (nSPS) is 17.4. The molecule has 0 aromatic rings. The second kappa shape index (κ2) is 11.1. The van der Waals surface area contributed by atoms with E-state index < -0.39 is 5.41 Å². The number of nitrogens with zero attached hydrogens (tertiary/aromatic N) is 2. The summed E-state index contributed by atoms with van der Waals surface area (Å²) in [6.07, 6.45) is 2.25. The molecular formula is C17H36IN5O. The third-order valence-corrected chi connectivity index (χ3v) is 4.42. The van der Waals surface area contributed by atoms with E-state index in [2.05, 4.69) is 46.6 Å². The van der Waals surface area contributed by atoms with Crippen LogP contribution in [0.4, 0.5) is 0 Å². The number of carbonyl (C=O) groups excluding carboxylic acids is 1. The Morgan fingerprint density at radius 3 is 2.33 bits per heavy atom. The zero-order valence-corrected chi connectivity index (χ0v) is 18.4. The summed E-state index contributed by atoms with van der Waals surface area (Å²) >= 11 is 0. The molecule has 0 spiro atoms. The number of guanidine groups is 1. The van der Waals surface area contributed by atoms with Gasteiger partial charge in [0, 0.05) is 38.8 Å². The van der Waals surface area contributed by atoms with Gasteiger partial charge in [-0.25, -0.2) is 0 Å². The Morgan fingerprint density at radius 2 is 1.88 bits per heavy atom. The van der Waals surface area contributed by atoms with Gasteiger partial charge in [-0.2, -0.15) is 0 Å². The maximum Gasteiger partial charge on any atom is 0.227 e. The highest BCUT2D eigenvalue weighted by Crippen LogP contribution is 2.16. The summed E-state index contributed by atoms with van der Waals surface area (Å²) in [5.41, 5.74) is -0.502. The quantitative estimate of drug-likeness (QED) is 0.326. The van der Waals surface area contributed by atoms with Crippen LogP contribution in [0, 0.1) is 5.41 Å². The van der Waals surface area contributed by atoms with Crippen molar-refractivity contribution in [2.75, 3.05) is 33.2 Å². The van der Waals surface area contributed by atoms with E-state index in [9.17, 15) is 4.79 Å². The minimum Gasteiger partial charge on any atom is -0.359 e. The van der Waals surface area contributed by atoms with E-state index in [0.717, 1.165) is 38.4 Å². The molecule has 0 unspecified atom stereocenters. The first-order chi connectivity index (χ1) is 10.8. The van der Waals surface area contributed by atoms with Crippen LogP contribution in [0.25, 0.3) is 0 Å². The van der Waals surface area contributed by atoms with Gasteiger partial charge in [0.25, 0.3) is 0 Å². The van der Waals surface area contributed by atoms with Gasteiger partial charge in [0.05, 0.1) is 12.0 Å². The van der Waals surface area contributed by atoms with Gasteiger partial charge >= 0.3 is 0 Å². The molecular weight excluding hydrogens is 417 g/mol. The molecule has 3 N–H and O–H groups in total. The molecule has 24 heavy (non-hydrogen) atoms. The van der Waals surface area contributed by atoms with E-state index in [1.165, 1.54) is 0 Å². The maximum atomic E-state index is 11.9. The van der Waals surface area contributed by atoms with Gasteiger partial charge < -0.3 is 20.9 Å². The van der Waals surface area contributed by atoms with E-state index >= 15 is 0 Å². The van der Waals surface area contributed by atoms with Crippen molar-refractivity contribution in [3.63, 3.8) is 0 Å². The number of hydrogen-bond donors (Lipinski definition) is 3. The van der Waals surface area contributed by atoms with Crippen LogP contribution in [0.3, 0.4) is 0 Å². The predicted octanol–water partition coefficient (Wildman–Crippen LogP) is 1.80. The van der Waals surface area contributed by atoms with Gasteiger partial charge in [0.15, 0.2) is 5.96 Å². The highest BCUT2D eigenvalue weighted by Gasteiger charge is 2.27. The van der Waals surface area contributed by atoms with Crippen LogP contribution in [-0.4, -0.2) is 62.1 Å². The largest absolute Gasteiger partial charge is 0.359 e. The molecule has 6 nitrogen and oxygen atoms in total. The lowest BCUT2D eigenvalue weighted by atomic mass is 9.93. The van der Waals surface area contributed by atoms with Crippen molar-refractivity contribution in [3.05, 3.63) is 0 Å². The molecule has 1 heterocycles. The first-order valence-corrected chi connectivity index (χ1v) is 8.81. The van der Waals surface area contributed by atoms with Gasteiger partial charge in [-0.1, -0.05) is 0 Å². The minimum absolute atomic E-state index is 0. The Hall–Kier alpha value is -0.570. The van der Waals surface area contributed by atoms with Crippen molar-refractivity contribution < 1.29 is 4.79 Å². The molecule has 0 aliphatic carbocycles. The lowest BCUT2D eigenvalue weighted by Gasteiger charge is -2.35. The molecule has 7 heteroatoms. The van der Waals surface area contributed by atoms with Crippen LogP contribution in [0.5, 0.6) is 0 Å². The van der Waals surface area contributed by atoms with E-state index in [0.29, 0.717) is 18.6 Å². The monoisotopic (exact) mass is 453 g/mol. The molecule has 0 saturated carbocycles. The van der Waals surface area contributed by atoms with Crippen molar-refractivity contribution in [3.8, 4) is 0 Å². The zero-order valence-electron chi connectivity index (χ0n) is 16.1. The van der Waals surface area contributed by atoms with Crippen LogP contribution in [0.1, 0.15) is 47.5 Å². The Kier molecular flexibility index (Phi) is 10.9. The highest BCUT2D eigenvalue weighted by molar-refractivity contribution is 14.0. The topological polar surface area (TPSA) is 68.8 Å². The summed E-state index contributed by atoms with van der Waals surface area (Å²) in [7, 11) is 1.67. The SMILES string of the molecule is CCNC(=NCC(C)(C)C(=O)NC)NC1CCN(C(C)C)CC1.I. The number of nitrogens with one attached hydrogen (secondary N) is 3. The van der Waals surface area contributed by atoms with E-state index in [1.807, 2.05) is 13.8 Å². The molecule has 0 bridgehead atoms. The molecule has 1 rings (SSSR count). The molecule has 1 aliphatic rings. The van der Waals surface area contributed by atoms with Crippen molar-refractivity contribution in [2.24, 2.45) is 10.4 Å². The summed E-state index contributed by atoms with van der Waals surface area (Å²) in [6.45, 7) is 13.9. The number of carbonyl (C=O) groups is 1. The predicted molar refractivity (Wildman–Crippen MR) is 112 cm³/mol. The number of halogens is 1. The van der Waals surface area contributed by atoms with Gasteiger partial charge in [0.1, 0.15) is 0 Å². The van der Waals surface area contributed by atoms with Crippen LogP contribution in [0.2, 0.25) is 0 Å². The summed E-state index contributed by atoms with van der Waals surface area (Å²) in [5.74, 6) is 0.829. The van der Waals surface area contributed by atoms with Gasteiger partial charge in [0.2, 0.25) is 5.91 Å². The third-order valence-electron chi connectivity index (χ3n) is 4.42. The lowest BCUT2D eigenvalue weighted by molar-refractivity contribution is -0.128. The first-order valence-electron chi connectivity index (χ1n) is 8.81. The number of piperidine rings is 1. The number of hydrogen-bond acceptors (Lipinski definition) is 3. The Balaban J connectivity index is 0.00000529. The third kappa shape index (κ3) is 7.55. The molecule has 0 aromatic carbocycles. The fourth-order valence-corrected chi connectivity index (χ4v) is 2.76. The zero-order chi connectivity index (χ0) is 17.5. The maximum absolute atomic E-state index is 11.9. The van der Waals surface area contributed by atoms with Crippen LogP contribution >= 0.6 is 24.0 Å². The fourth-order valence-electron chi connectivity index (χ4n) is 2.76. The fraction of sp³-hybridized carbons (Fsp3) is 0.882. The molecule has 1 fully saturated rings. The van der Waals surface area contributed by atoms with E-state index in [4.69, 9.17) is 0 Å². The molecule has 0 aromatic heterocycles. The Labute approximate surface area is 164 Å². The number of aliphatic imine (C=N–C) groups is 1. The number of rotatable bonds is 6. The Bertz CT molecular complexity index is 404. The summed E-state index contributed by atoms with van der Waals surface area (Å²) in [4.78, 5) is 19.0. The summed E-state index contributed by atoms with van der Waals surface area (Å²) < 4.78 is 0. The summed E-state index contributed by atoms with van der Waals surface area (Å²) in [6, 6.07) is 1.07. The van der Waals surface area contributed by atoms with Gasteiger partial charge in [-0.05, 0) is 47.5 Å². The summed E-state index contributed by atoms with van der Waals surface area (Å²) in [5, 5.41) is 9.52. The van der Waals surface area contributed by atoms with Crippen molar-refractivity contribution in [2.45, 2.75) is 59.5 Å². The second-order valence-corrected chi connectivity index (χ2v) is 7.21. The molecule has 0 radical (unpaired) electrons. The first kappa shape index (κ1) is 23.4. The van der Waals surface area contributed by atoms with Crippen LogP contribution < -0.4 is 16.0 Å². The average Bonchev–Trinajstić information content (AvgIpc) is 2.52. The van der Waals surface area contributed by atoms with E-state index in [1.54, 1.807) is 7.05 Å². The molecule has 1 saturated heterocycles. The average molecular weight is 453 g/mol. The van der Waals surface area contributed by atoms with Gasteiger partial charge in [-0.3, -0.25) is 9.79 Å². The molecule has 142 valence electrons. The van der Waals surface area contributed by atoms with Crippen LogP contribution in [0.15, 0.2) is 4.99 Å². The molecule has 1 amide bonds. The molecule has 0 atom stereocenters.